The summed E-state index contributed by atoms with van der Waals surface area (Å²) in [6, 6.07) is 8.90. The number of morpholine rings is 1. The van der Waals surface area contributed by atoms with Crippen LogP contribution in [-0.4, -0.2) is 89.1 Å². The van der Waals surface area contributed by atoms with Crippen molar-refractivity contribution in [2.75, 3.05) is 73.4 Å². The van der Waals surface area contributed by atoms with Crippen molar-refractivity contribution in [1.29, 1.82) is 0 Å². The third-order valence-corrected chi connectivity index (χ3v) is 5.57. The number of nitrogens with one attached hydrogen (secondary N) is 1. The van der Waals surface area contributed by atoms with Crippen molar-refractivity contribution >= 4 is 5.96 Å². The number of ether oxygens (including phenoxy) is 3. The zero-order valence-electron chi connectivity index (χ0n) is 17.9. The van der Waals surface area contributed by atoms with Crippen LogP contribution in [0.4, 0.5) is 0 Å². The van der Waals surface area contributed by atoms with E-state index in [1.165, 1.54) is 11.1 Å². The highest BCUT2D eigenvalue weighted by Crippen LogP contribution is 2.17. The fourth-order valence-electron chi connectivity index (χ4n) is 3.85. The van der Waals surface area contributed by atoms with Crippen molar-refractivity contribution in [3.05, 3.63) is 35.4 Å². The number of nitrogens with zero attached hydrogens (tertiary/aromatic N) is 3. The smallest absolute Gasteiger partial charge is 0.193 e. The average molecular weight is 405 g/mol. The Morgan fingerprint density at radius 2 is 1.90 bits per heavy atom. The van der Waals surface area contributed by atoms with Crippen LogP contribution in [0, 0.1) is 5.92 Å². The molecule has 0 bridgehead atoms. The zero-order chi connectivity index (χ0) is 20.3. The molecule has 1 N–H and O–H groups in total. The van der Waals surface area contributed by atoms with Crippen LogP contribution in [-0.2, 0) is 27.3 Å². The molecular weight excluding hydrogens is 368 g/mol. The number of rotatable bonds is 9. The van der Waals surface area contributed by atoms with Crippen LogP contribution >= 0.6 is 0 Å². The monoisotopic (exact) mass is 404 g/mol. The van der Waals surface area contributed by atoms with Gasteiger partial charge in [-0.1, -0.05) is 24.3 Å². The van der Waals surface area contributed by atoms with Crippen molar-refractivity contribution in [3.8, 4) is 0 Å². The van der Waals surface area contributed by atoms with Crippen LogP contribution in [0.15, 0.2) is 29.3 Å². The minimum absolute atomic E-state index is 0.560. The lowest BCUT2D eigenvalue weighted by molar-refractivity contribution is 0.0342. The van der Waals surface area contributed by atoms with Gasteiger partial charge in [0.1, 0.15) is 0 Å². The molecule has 2 fully saturated rings. The first-order valence-electron chi connectivity index (χ1n) is 10.7. The summed E-state index contributed by atoms with van der Waals surface area (Å²) in [4.78, 5) is 9.25. The van der Waals surface area contributed by atoms with E-state index < -0.39 is 0 Å². The van der Waals surface area contributed by atoms with Crippen LogP contribution in [0.25, 0.3) is 0 Å². The Hall–Kier alpha value is -1.67. The minimum atomic E-state index is 0.560. The Morgan fingerprint density at radius 3 is 2.62 bits per heavy atom. The first-order chi connectivity index (χ1) is 14.3. The van der Waals surface area contributed by atoms with Crippen molar-refractivity contribution in [1.82, 2.24) is 15.1 Å². The normalized spacial score (nSPS) is 21.0. The van der Waals surface area contributed by atoms with E-state index in [-0.39, 0.29) is 0 Å². The second-order valence-electron chi connectivity index (χ2n) is 7.77. The molecule has 162 valence electrons. The molecule has 1 atom stereocenters. The average Bonchev–Trinajstić information content (AvgIpc) is 3.22. The summed E-state index contributed by atoms with van der Waals surface area (Å²) in [5.41, 5.74) is 2.63. The Morgan fingerprint density at radius 1 is 1.14 bits per heavy atom. The molecule has 1 unspecified atom stereocenters. The summed E-state index contributed by atoms with van der Waals surface area (Å²) in [5, 5.41) is 3.51. The molecule has 29 heavy (non-hydrogen) atoms. The standard InChI is InChI=1S/C22H36N4O3/c1-23-22(26-8-7-21(17-26)18-29-14-13-27-2)24-15-19-3-5-20(6-4-19)16-25-9-11-28-12-10-25/h3-6,21H,7-18H2,1-2H3,(H,23,24). The SMILES string of the molecule is CN=C(NCc1ccc(CN2CCOCC2)cc1)N1CCC(COCCOC)C1. The number of hydrogen-bond donors (Lipinski definition) is 1. The first kappa shape index (κ1) is 22.0. The van der Waals surface area contributed by atoms with Crippen LogP contribution < -0.4 is 5.32 Å². The molecular formula is C22H36N4O3. The van der Waals surface area contributed by atoms with E-state index in [1.807, 2.05) is 7.05 Å². The predicted molar refractivity (Wildman–Crippen MR) is 115 cm³/mol. The maximum Gasteiger partial charge on any atom is 0.193 e. The van der Waals surface area contributed by atoms with E-state index in [4.69, 9.17) is 14.2 Å². The fourth-order valence-corrected chi connectivity index (χ4v) is 3.85. The molecule has 1 aromatic carbocycles. The molecule has 0 amide bonds. The second-order valence-corrected chi connectivity index (χ2v) is 7.77. The Labute approximate surface area is 175 Å². The topological polar surface area (TPSA) is 58.6 Å². The molecule has 2 aliphatic heterocycles. The van der Waals surface area contributed by atoms with Gasteiger partial charge in [0.25, 0.3) is 0 Å². The highest BCUT2D eigenvalue weighted by atomic mass is 16.5. The van der Waals surface area contributed by atoms with E-state index in [9.17, 15) is 0 Å². The van der Waals surface area contributed by atoms with Crippen LogP contribution in [0.3, 0.4) is 0 Å². The summed E-state index contributed by atoms with van der Waals surface area (Å²) >= 11 is 0. The van der Waals surface area contributed by atoms with E-state index in [2.05, 4.69) is 44.4 Å². The van der Waals surface area contributed by atoms with E-state index in [1.54, 1.807) is 7.11 Å². The maximum absolute atomic E-state index is 5.69. The highest BCUT2D eigenvalue weighted by Gasteiger charge is 2.24. The van der Waals surface area contributed by atoms with Crippen molar-refractivity contribution in [3.63, 3.8) is 0 Å². The molecule has 1 aromatic rings. The Kier molecular flexibility index (Phi) is 9.21. The first-order valence-corrected chi connectivity index (χ1v) is 10.7. The van der Waals surface area contributed by atoms with E-state index >= 15 is 0 Å². The number of likely N-dealkylation sites (tertiary alicyclic amines) is 1. The summed E-state index contributed by atoms with van der Waals surface area (Å²) < 4.78 is 16.1. The lowest BCUT2D eigenvalue weighted by Crippen LogP contribution is -2.39. The molecule has 0 spiro atoms. The third-order valence-electron chi connectivity index (χ3n) is 5.57. The number of aliphatic imine (C=N–C) groups is 1. The second kappa shape index (κ2) is 12.1. The van der Waals surface area contributed by atoms with E-state index in [0.717, 1.165) is 71.5 Å². The molecule has 0 radical (unpaired) electrons. The fraction of sp³-hybridized carbons (Fsp3) is 0.682. The molecule has 2 aliphatic rings. The van der Waals surface area contributed by atoms with Crippen LogP contribution in [0.1, 0.15) is 17.5 Å². The summed E-state index contributed by atoms with van der Waals surface area (Å²) in [5.74, 6) is 1.53. The van der Waals surface area contributed by atoms with Gasteiger partial charge in [-0.05, 0) is 17.5 Å². The van der Waals surface area contributed by atoms with Gasteiger partial charge in [0.2, 0.25) is 0 Å². The van der Waals surface area contributed by atoms with Gasteiger partial charge < -0.3 is 24.4 Å². The number of benzene rings is 1. The zero-order valence-corrected chi connectivity index (χ0v) is 17.9. The van der Waals surface area contributed by atoms with Gasteiger partial charge >= 0.3 is 0 Å². The van der Waals surface area contributed by atoms with Gasteiger partial charge in [0.05, 0.1) is 33.0 Å². The Bertz CT molecular complexity index is 617. The van der Waals surface area contributed by atoms with Crippen molar-refractivity contribution < 1.29 is 14.2 Å². The minimum Gasteiger partial charge on any atom is -0.382 e. The summed E-state index contributed by atoms with van der Waals surface area (Å²) in [6.45, 7) is 9.66. The number of hydrogen-bond acceptors (Lipinski definition) is 5. The van der Waals surface area contributed by atoms with Crippen LogP contribution in [0.2, 0.25) is 0 Å². The van der Waals surface area contributed by atoms with Gasteiger partial charge in [0.15, 0.2) is 5.96 Å². The molecule has 0 saturated carbocycles. The molecule has 3 rings (SSSR count). The van der Waals surface area contributed by atoms with Crippen LogP contribution in [0.5, 0.6) is 0 Å². The Balaban J connectivity index is 1.40. The highest BCUT2D eigenvalue weighted by molar-refractivity contribution is 5.80. The third kappa shape index (κ3) is 7.26. The molecule has 2 saturated heterocycles. The van der Waals surface area contributed by atoms with E-state index in [0.29, 0.717) is 19.1 Å². The predicted octanol–water partition coefficient (Wildman–Crippen LogP) is 1.58. The van der Waals surface area contributed by atoms with Gasteiger partial charge in [-0.25, -0.2) is 0 Å². The number of methoxy groups -OCH3 is 1. The molecule has 0 aliphatic carbocycles. The maximum atomic E-state index is 5.69. The van der Waals surface area contributed by atoms with Gasteiger partial charge in [-0.2, -0.15) is 0 Å². The molecule has 7 heteroatoms. The molecule has 7 nitrogen and oxygen atoms in total. The largest absolute Gasteiger partial charge is 0.382 e. The molecule has 2 heterocycles. The van der Waals surface area contributed by atoms with Gasteiger partial charge in [-0.3, -0.25) is 9.89 Å². The van der Waals surface area contributed by atoms with Gasteiger partial charge in [0, 0.05) is 59.3 Å². The quantitative estimate of drug-likeness (QED) is 0.383. The summed E-state index contributed by atoms with van der Waals surface area (Å²) in [7, 11) is 3.56. The lowest BCUT2D eigenvalue weighted by Gasteiger charge is -2.26. The lowest BCUT2D eigenvalue weighted by atomic mass is 10.1. The molecule has 0 aromatic heterocycles. The summed E-state index contributed by atoms with van der Waals surface area (Å²) in [6.07, 6.45) is 1.14. The van der Waals surface area contributed by atoms with Crippen molar-refractivity contribution in [2.24, 2.45) is 10.9 Å². The number of guanidine groups is 1. The van der Waals surface area contributed by atoms with Crippen molar-refractivity contribution in [2.45, 2.75) is 19.5 Å². The van der Waals surface area contributed by atoms with Gasteiger partial charge in [-0.15, -0.1) is 0 Å².